The standard InChI is InChI=1S/C12H14N4OS/c1-8(6-13)11(17)16-12-15-10(7-18-12)9-4-2-3-5-14-9/h2-5,7-8H,6,13H2,1H3,(H,15,16,17). The van der Waals surface area contributed by atoms with Gasteiger partial charge < -0.3 is 11.1 Å². The molecule has 0 radical (unpaired) electrons. The molecule has 1 atom stereocenters. The van der Waals surface area contributed by atoms with E-state index < -0.39 is 0 Å². The summed E-state index contributed by atoms with van der Waals surface area (Å²) in [6.45, 7) is 2.10. The van der Waals surface area contributed by atoms with Crippen LogP contribution in [-0.4, -0.2) is 22.4 Å². The van der Waals surface area contributed by atoms with Crippen molar-refractivity contribution in [1.82, 2.24) is 9.97 Å². The Morgan fingerprint density at radius 3 is 3.00 bits per heavy atom. The lowest BCUT2D eigenvalue weighted by Crippen LogP contribution is -2.26. The first-order chi connectivity index (χ1) is 8.70. The third kappa shape index (κ3) is 2.91. The van der Waals surface area contributed by atoms with Gasteiger partial charge in [-0.2, -0.15) is 0 Å². The van der Waals surface area contributed by atoms with Gasteiger partial charge in [0.25, 0.3) is 0 Å². The predicted octanol–water partition coefficient (Wildman–Crippen LogP) is 1.74. The molecule has 0 saturated carbocycles. The summed E-state index contributed by atoms with van der Waals surface area (Å²) in [5.41, 5.74) is 6.99. The fourth-order valence-corrected chi connectivity index (χ4v) is 2.01. The minimum atomic E-state index is -0.216. The van der Waals surface area contributed by atoms with Crippen molar-refractivity contribution in [3.05, 3.63) is 29.8 Å². The van der Waals surface area contributed by atoms with E-state index >= 15 is 0 Å². The average molecular weight is 262 g/mol. The number of amides is 1. The van der Waals surface area contributed by atoms with Crippen LogP contribution >= 0.6 is 11.3 Å². The van der Waals surface area contributed by atoms with Crippen molar-refractivity contribution in [3.63, 3.8) is 0 Å². The molecular formula is C12H14N4OS. The highest BCUT2D eigenvalue weighted by atomic mass is 32.1. The zero-order chi connectivity index (χ0) is 13.0. The zero-order valence-corrected chi connectivity index (χ0v) is 10.8. The van der Waals surface area contributed by atoms with Gasteiger partial charge in [-0.25, -0.2) is 4.98 Å². The van der Waals surface area contributed by atoms with Crippen LogP contribution in [0.1, 0.15) is 6.92 Å². The third-order valence-electron chi connectivity index (χ3n) is 2.46. The number of carbonyl (C=O) groups is 1. The SMILES string of the molecule is CC(CN)C(=O)Nc1nc(-c2ccccn2)cs1. The summed E-state index contributed by atoms with van der Waals surface area (Å²) in [4.78, 5) is 20.2. The molecule has 18 heavy (non-hydrogen) atoms. The van der Waals surface area contributed by atoms with Crippen molar-refractivity contribution in [1.29, 1.82) is 0 Å². The number of nitrogens with one attached hydrogen (secondary N) is 1. The smallest absolute Gasteiger partial charge is 0.230 e. The summed E-state index contributed by atoms with van der Waals surface area (Å²) >= 11 is 1.38. The Hall–Kier alpha value is -1.79. The van der Waals surface area contributed by atoms with Crippen LogP contribution in [0.15, 0.2) is 29.8 Å². The summed E-state index contributed by atoms with van der Waals surface area (Å²) in [6, 6.07) is 5.63. The number of thiazole rings is 1. The Kier molecular flexibility index (Phi) is 4.01. The van der Waals surface area contributed by atoms with E-state index in [1.54, 1.807) is 13.1 Å². The summed E-state index contributed by atoms with van der Waals surface area (Å²) in [6.07, 6.45) is 1.71. The van der Waals surface area contributed by atoms with Crippen molar-refractivity contribution >= 4 is 22.4 Å². The Morgan fingerprint density at radius 1 is 1.50 bits per heavy atom. The zero-order valence-electron chi connectivity index (χ0n) is 9.96. The molecule has 0 aliphatic carbocycles. The molecule has 94 valence electrons. The maximum Gasteiger partial charge on any atom is 0.230 e. The highest BCUT2D eigenvalue weighted by molar-refractivity contribution is 7.14. The van der Waals surface area contributed by atoms with Crippen LogP contribution in [0.3, 0.4) is 0 Å². The van der Waals surface area contributed by atoms with Gasteiger partial charge in [-0.3, -0.25) is 9.78 Å². The molecule has 0 spiro atoms. The molecule has 1 unspecified atom stereocenters. The van der Waals surface area contributed by atoms with E-state index in [1.165, 1.54) is 11.3 Å². The first-order valence-electron chi connectivity index (χ1n) is 5.58. The number of hydrogen-bond acceptors (Lipinski definition) is 5. The van der Waals surface area contributed by atoms with Crippen LogP contribution in [0.2, 0.25) is 0 Å². The Labute approximate surface area is 109 Å². The number of nitrogens with zero attached hydrogens (tertiary/aromatic N) is 2. The van der Waals surface area contributed by atoms with E-state index in [-0.39, 0.29) is 11.8 Å². The van der Waals surface area contributed by atoms with Crippen LogP contribution in [0.25, 0.3) is 11.4 Å². The second kappa shape index (κ2) is 5.70. The van der Waals surface area contributed by atoms with Gasteiger partial charge in [0.15, 0.2) is 5.13 Å². The summed E-state index contributed by atoms with van der Waals surface area (Å²) in [5.74, 6) is -0.327. The van der Waals surface area contributed by atoms with E-state index in [2.05, 4.69) is 15.3 Å². The molecule has 0 fully saturated rings. The van der Waals surface area contributed by atoms with Crippen LogP contribution < -0.4 is 11.1 Å². The largest absolute Gasteiger partial charge is 0.330 e. The first kappa shape index (κ1) is 12.7. The molecule has 0 aromatic carbocycles. The minimum Gasteiger partial charge on any atom is -0.330 e. The van der Waals surface area contributed by atoms with E-state index in [0.29, 0.717) is 11.7 Å². The molecule has 5 nitrogen and oxygen atoms in total. The highest BCUT2D eigenvalue weighted by Gasteiger charge is 2.13. The Bertz CT molecular complexity index is 526. The second-order valence-corrected chi connectivity index (χ2v) is 4.74. The fraction of sp³-hybridized carbons (Fsp3) is 0.250. The van der Waals surface area contributed by atoms with Crippen molar-refractivity contribution < 1.29 is 4.79 Å². The lowest BCUT2D eigenvalue weighted by molar-refractivity contribution is -0.119. The average Bonchev–Trinajstić information content (AvgIpc) is 2.87. The fourth-order valence-electron chi connectivity index (χ4n) is 1.30. The highest BCUT2D eigenvalue weighted by Crippen LogP contribution is 2.23. The molecule has 0 aliphatic heterocycles. The van der Waals surface area contributed by atoms with Crippen LogP contribution in [0.4, 0.5) is 5.13 Å². The maximum atomic E-state index is 11.6. The molecule has 0 saturated heterocycles. The molecule has 2 aromatic rings. The lowest BCUT2D eigenvalue weighted by atomic mass is 10.2. The van der Waals surface area contributed by atoms with Crippen molar-refractivity contribution in [2.45, 2.75) is 6.92 Å². The Morgan fingerprint density at radius 2 is 2.33 bits per heavy atom. The van der Waals surface area contributed by atoms with Crippen LogP contribution in [0, 0.1) is 5.92 Å². The number of rotatable bonds is 4. The molecule has 3 N–H and O–H groups in total. The van der Waals surface area contributed by atoms with E-state index in [9.17, 15) is 4.79 Å². The van der Waals surface area contributed by atoms with Crippen LogP contribution in [-0.2, 0) is 4.79 Å². The van der Waals surface area contributed by atoms with Gasteiger partial charge in [-0.1, -0.05) is 13.0 Å². The van der Waals surface area contributed by atoms with Crippen molar-refractivity contribution in [2.24, 2.45) is 11.7 Å². The number of hydrogen-bond donors (Lipinski definition) is 2. The molecule has 2 heterocycles. The van der Waals surface area contributed by atoms with Gasteiger partial charge in [0.05, 0.1) is 5.69 Å². The number of anilines is 1. The van der Waals surface area contributed by atoms with Gasteiger partial charge in [-0.05, 0) is 12.1 Å². The molecular weight excluding hydrogens is 248 g/mol. The Balaban J connectivity index is 2.10. The normalized spacial score (nSPS) is 12.1. The summed E-state index contributed by atoms with van der Waals surface area (Å²) in [5, 5.41) is 5.18. The van der Waals surface area contributed by atoms with E-state index in [0.717, 1.165) is 11.4 Å². The van der Waals surface area contributed by atoms with Crippen molar-refractivity contribution in [3.8, 4) is 11.4 Å². The van der Waals surface area contributed by atoms with Crippen molar-refractivity contribution in [2.75, 3.05) is 11.9 Å². The molecule has 2 rings (SSSR count). The van der Waals surface area contributed by atoms with Gasteiger partial charge in [0, 0.05) is 24.0 Å². The molecule has 1 amide bonds. The number of carbonyl (C=O) groups excluding carboxylic acids is 1. The van der Waals surface area contributed by atoms with E-state index in [4.69, 9.17) is 5.73 Å². The van der Waals surface area contributed by atoms with Gasteiger partial charge in [-0.15, -0.1) is 11.3 Å². The minimum absolute atomic E-state index is 0.112. The molecule has 0 aliphatic rings. The number of pyridine rings is 1. The quantitative estimate of drug-likeness (QED) is 0.879. The molecule has 2 aromatic heterocycles. The summed E-state index contributed by atoms with van der Waals surface area (Å²) < 4.78 is 0. The first-order valence-corrected chi connectivity index (χ1v) is 6.46. The third-order valence-corrected chi connectivity index (χ3v) is 3.22. The number of aromatic nitrogens is 2. The summed E-state index contributed by atoms with van der Waals surface area (Å²) in [7, 11) is 0. The van der Waals surface area contributed by atoms with Gasteiger partial charge >= 0.3 is 0 Å². The van der Waals surface area contributed by atoms with Gasteiger partial charge in [0.2, 0.25) is 5.91 Å². The number of nitrogens with two attached hydrogens (primary N) is 1. The lowest BCUT2D eigenvalue weighted by Gasteiger charge is -2.06. The van der Waals surface area contributed by atoms with Gasteiger partial charge in [0.1, 0.15) is 5.69 Å². The monoisotopic (exact) mass is 262 g/mol. The molecule has 0 bridgehead atoms. The molecule has 6 heteroatoms. The van der Waals surface area contributed by atoms with Crippen LogP contribution in [0.5, 0.6) is 0 Å². The van der Waals surface area contributed by atoms with E-state index in [1.807, 2.05) is 23.6 Å². The second-order valence-electron chi connectivity index (χ2n) is 3.88. The topological polar surface area (TPSA) is 80.9 Å². The predicted molar refractivity (Wildman–Crippen MR) is 72.2 cm³/mol. The maximum absolute atomic E-state index is 11.6.